The molecule has 162 valence electrons. The van der Waals surface area contributed by atoms with Crippen LogP contribution in [0.25, 0.3) is 10.9 Å². The van der Waals surface area contributed by atoms with Gasteiger partial charge in [0.15, 0.2) is 0 Å². The molecule has 0 unspecified atom stereocenters. The number of hydrogen-bond donors (Lipinski definition) is 1. The first kappa shape index (κ1) is 21.1. The molecule has 1 saturated heterocycles. The number of piperidine rings is 1. The van der Waals surface area contributed by atoms with Crippen molar-refractivity contribution in [2.24, 2.45) is 0 Å². The summed E-state index contributed by atoms with van der Waals surface area (Å²) in [6, 6.07) is 14.5. The minimum atomic E-state index is -0.889. The second-order valence-corrected chi connectivity index (χ2v) is 8.12. The second kappa shape index (κ2) is 9.35. The van der Waals surface area contributed by atoms with Gasteiger partial charge in [-0.2, -0.15) is 0 Å². The van der Waals surface area contributed by atoms with Crippen molar-refractivity contribution in [1.29, 1.82) is 0 Å². The molecule has 0 saturated carbocycles. The van der Waals surface area contributed by atoms with Crippen molar-refractivity contribution in [3.63, 3.8) is 0 Å². The smallest absolute Gasteiger partial charge is 0.307 e. The highest BCUT2D eigenvalue weighted by molar-refractivity contribution is 6.04. The number of nitrogens with zero attached hydrogens (tertiary/aromatic N) is 2. The zero-order valence-corrected chi connectivity index (χ0v) is 17.8. The lowest BCUT2D eigenvalue weighted by atomic mass is 10.1. The zero-order valence-electron chi connectivity index (χ0n) is 17.8. The molecule has 3 aromatic rings. The summed E-state index contributed by atoms with van der Waals surface area (Å²) in [6.07, 6.45) is 3.78. The zero-order chi connectivity index (χ0) is 21.8. The van der Waals surface area contributed by atoms with Gasteiger partial charge in [-0.1, -0.05) is 18.6 Å². The number of aryl methyl sites for hydroxylation is 1. The Balaban J connectivity index is 1.47. The fourth-order valence-electron chi connectivity index (χ4n) is 4.31. The first-order chi connectivity index (χ1) is 15.0. The fourth-order valence-corrected chi connectivity index (χ4v) is 4.31. The summed E-state index contributed by atoms with van der Waals surface area (Å²) in [5.74, 6) is -0.272. The van der Waals surface area contributed by atoms with Crippen molar-refractivity contribution in [3.05, 3.63) is 65.4 Å². The van der Waals surface area contributed by atoms with Crippen molar-refractivity contribution in [2.45, 2.75) is 32.6 Å². The number of aliphatic carboxylic acids is 1. The highest BCUT2D eigenvalue weighted by atomic mass is 16.5. The third-order valence-corrected chi connectivity index (χ3v) is 5.89. The largest absolute Gasteiger partial charge is 0.492 e. The normalized spacial score (nSPS) is 14.6. The van der Waals surface area contributed by atoms with E-state index in [1.165, 1.54) is 19.3 Å². The number of aromatic nitrogens is 1. The summed E-state index contributed by atoms with van der Waals surface area (Å²) in [6.45, 7) is 5.72. The Morgan fingerprint density at radius 3 is 2.48 bits per heavy atom. The van der Waals surface area contributed by atoms with Crippen LogP contribution in [0.5, 0.6) is 5.75 Å². The molecule has 1 N–H and O–H groups in total. The Morgan fingerprint density at radius 1 is 1.03 bits per heavy atom. The molecule has 0 bridgehead atoms. The number of benzene rings is 2. The SMILES string of the molecule is Cc1cc2c(CC(=O)O)cccc2n1C(=O)c1ccc(OCCN2CCCCC2)cc1. The Kier molecular flexibility index (Phi) is 6.37. The second-order valence-electron chi connectivity index (χ2n) is 8.12. The van der Waals surface area contributed by atoms with Crippen molar-refractivity contribution < 1.29 is 19.4 Å². The predicted molar refractivity (Wildman–Crippen MR) is 120 cm³/mol. The van der Waals surface area contributed by atoms with Gasteiger partial charge in [-0.15, -0.1) is 0 Å². The number of carbonyl (C=O) groups excluding carboxylic acids is 1. The van der Waals surface area contributed by atoms with Crippen LogP contribution in [0.15, 0.2) is 48.5 Å². The molecule has 1 aliphatic rings. The lowest BCUT2D eigenvalue weighted by Crippen LogP contribution is -2.33. The Labute approximate surface area is 182 Å². The molecule has 0 atom stereocenters. The number of carbonyl (C=O) groups is 2. The maximum Gasteiger partial charge on any atom is 0.307 e. The van der Waals surface area contributed by atoms with E-state index in [4.69, 9.17) is 9.84 Å². The number of rotatable bonds is 7. The fraction of sp³-hybridized carbons (Fsp3) is 0.360. The van der Waals surface area contributed by atoms with Crippen molar-refractivity contribution >= 4 is 22.8 Å². The summed E-state index contributed by atoms with van der Waals surface area (Å²) < 4.78 is 7.51. The summed E-state index contributed by atoms with van der Waals surface area (Å²) in [4.78, 5) is 26.8. The van der Waals surface area contributed by atoms with Gasteiger partial charge in [0.25, 0.3) is 5.91 Å². The van der Waals surface area contributed by atoms with Gasteiger partial charge in [-0.3, -0.25) is 19.1 Å². The van der Waals surface area contributed by atoms with E-state index in [1.807, 2.05) is 31.2 Å². The third kappa shape index (κ3) is 4.80. The molecule has 0 aliphatic carbocycles. The number of fused-ring (bicyclic) bond motifs is 1. The first-order valence-corrected chi connectivity index (χ1v) is 10.8. The highest BCUT2D eigenvalue weighted by Gasteiger charge is 2.17. The van der Waals surface area contributed by atoms with Crippen molar-refractivity contribution in [3.8, 4) is 5.75 Å². The van der Waals surface area contributed by atoms with Crippen LogP contribution in [0.2, 0.25) is 0 Å². The topological polar surface area (TPSA) is 71.8 Å². The molecule has 1 aromatic heterocycles. The average molecular weight is 421 g/mol. The van der Waals surface area contributed by atoms with Gasteiger partial charge in [0.2, 0.25) is 0 Å². The number of hydrogen-bond acceptors (Lipinski definition) is 4. The highest BCUT2D eigenvalue weighted by Crippen LogP contribution is 2.25. The molecule has 4 rings (SSSR count). The van der Waals surface area contributed by atoms with E-state index in [1.54, 1.807) is 28.8 Å². The van der Waals surface area contributed by atoms with E-state index in [9.17, 15) is 9.59 Å². The molecule has 2 heterocycles. The monoisotopic (exact) mass is 420 g/mol. The lowest BCUT2D eigenvalue weighted by Gasteiger charge is -2.26. The van der Waals surface area contributed by atoms with Crippen LogP contribution in [0.4, 0.5) is 0 Å². The molecule has 2 aromatic carbocycles. The number of carboxylic acid groups (broad SMARTS) is 1. The van der Waals surface area contributed by atoms with E-state index in [0.717, 1.165) is 42.0 Å². The van der Waals surface area contributed by atoms with E-state index in [-0.39, 0.29) is 12.3 Å². The summed E-state index contributed by atoms with van der Waals surface area (Å²) in [5.41, 5.74) is 2.77. The van der Waals surface area contributed by atoms with Crippen LogP contribution < -0.4 is 4.74 Å². The van der Waals surface area contributed by atoms with E-state index in [2.05, 4.69) is 4.90 Å². The van der Waals surface area contributed by atoms with Gasteiger partial charge in [0, 0.05) is 23.2 Å². The molecule has 6 heteroatoms. The number of likely N-dealkylation sites (tertiary alicyclic amines) is 1. The summed E-state index contributed by atoms with van der Waals surface area (Å²) in [7, 11) is 0. The molecule has 0 radical (unpaired) electrons. The molecule has 0 amide bonds. The number of ether oxygens (including phenoxy) is 1. The molecular formula is C25H28N2O4. The van der Waals surface area contributed by atoms with E-state index < -0.39 is 5.97 Å². The van der Waals surface area contributed by atoms with Crippen molar-refractivity contribution in [1.82, 2.24) is 9.47 Å². The standard InChI is InChI=1S/C25H28N2O4/c1-18-16-22-20(17-24(28)29)6-5-7-23(22)27(18)25(30)19-8-10-21(11-9-19)31-15-14-26-12-3-2-4-13-26/h5-11,16H,2-4,12-15,17H2,1H3,(H,28,29). The van der Waals surface area contributed by atoms with Crippen LogP contribution in [0.1, 0.15) is 40.9 Å². The van der Waals surface area contributed by atoms with Crippen LogP contribution in [0.3, 0.4) is 0 Å². The molecule has 1 aliphatic heterocycles. The minimum absolute atomic E-state index is 0.0710. The Bertz CT molecular complexity index is 1080. The van der Waals surface area contributed by atoms with Crippen LogP contribution in [-0.4, -0.2) is 52.7 Å². The minimum Gasteiger partial charge on any atom is -0.492 e. The lowest BCUT2D eigenvalue weighted by molar-refractivity contribution is -0.136. The first-order valence-electron chi connectivity index (χ1n) is 10.8. The van der Waals surface area contributed by atoms with Crippen LogP contribution >= 0.6 is 0 Å². The van der Waals surface area contributed by atoms with Crippen LogP contribution in [0, 0.1) is 6.92 Å². The Morgan fingerprint density at radius 2 is 1.77 bits per heavy atom. The van der Waals surface area contributed by atoms with Crippen molar-refractivity contribution in [2.75, 3.05) is 26.2 Å². The average Bonchev–Trinajstić information content (AvgIpc) is 3.11. The van der Waals surface area contributed by atoms with Gasteiger partial charge in [-0.05, 0) is 74.8 Å². The molecule has 1 fully saturated rings. The third-order valence-electron chi connectivity index (χ3n) is 5.89. The van der Waals surface area contributed by atoms with Gasteiger partial charge in [-0.25, -0.2) is 0 Å². The van der Waals surface area contributed by atoms with E-state index in [0.29, 0.717) is 17.7 Å². The van der Waals surface area contributed by atoms with Gasteiger partial charge >= 0.3 is 5.97 Å². The van der Waals surface area contributed by atoms with Gasteiger partial charge in [0.1, 0.15) is 12.4 Å². The van der Waals surface area contributed by atoms with Gasteiger partial charge in [0.05, 0.1) is 11.9 Å². The summed E-state index contributed by atoms with van der Waals surface area (Å²) in [5, 5.41) is 9.96. The van der Waals surface area contributed by atoms with E-state index >= 15 is 0 Å². The quantitative estimate of drug-likeness (QED) is 0.622. The summed E-state index contributed by atoms with van der Waals surface area (Å²) >= 11 is 0. The molecule has 6 nitrogen and oxygen atoms in total. The maximum absolute atomic E-state index is 13.2. The molecular weight excluding hydrogens is 392 g/mol. The van der Waals surface area contributed by atoms with Crippen LogP contribution in [-0.2, 0) is 11.2 Å². The maximum atomic E-state index is 13.2. The predicted octanol–water partition coefficient (Wildman–Crippen LogP) is 4.13. The molecule has 31 heavy (non-hydrogen) atoms. The van der Waals surface area contributed by atoms with Gasteiger partial charge < -0.3 is 9.84 Å². The Hall–Kier alpha value is -3.12. The number of carboxylic acids is 1. The molecule has 0 spiro atoms.